The molecule has 3 saturated heterocycles. The molecular weight excluding hydrogens is 242 g/mol. The smallest absolute Gasteiger partial charge is 0.239 e. The molecule has 1 amide bonds. The van der Waals surface area contributed by atoms with Crippen LogP contribution in [0.25, 0.3) is 0 Å². The molecule has 0 aromatic heterocycles. The lowest BCUT2D eigenvalue weighted by atomic mass is 10.1. The normalized spacial score (nSPS) is 30.7. The van der Waals surface area contributed by atoms with Crippen LogP contribution in [0.5, 0.6) is 0 Å². The number of ether oxygens (including phenoxy) is 1. The van der Waals surface area contributed by atoms with Crippen molar-refractivity contribution in [2.24, 2.45) is 0 Å². The molecule has 3 aliphatic rings. The van der Waals surface area contributed by atoms with E-state index < -0.39 is 0 Å². The van der Waals surface area contributed by atoms with Gasteiger partial charge in [-0.25, -0.2) is 0 Å². The SMILES string of the molecule is O=C(C1CCCN1)N1CCN(C2CCOCC2)CC1. The minimum atomic E-state index is 0.0923. The van der Waals surface area contributed by atoms with Gasteiger partial charge in [-0.05, 0) is 32.2 Å². The van der Waals surface area contributed by atoms with E-state index >= 15 is 0 Å². The van der Waals surface area contributed by atoms with Gasteiger partial charge in [0.25, 0.3) is 0 Å². The van der Waals surface area contributed by atoms with Crippen LogP contribution in [0.2, 0.25) is 0 Å². The first-order valence-electron chi connectivity index (χ1n) is 7.68. The lowest BCUT2D eigenvalue weighted by molar-refractivity contribution is -0.135. The molecule has 0 bridgehead atoms. The zero-order chi connectivity index (χ0) is 13.1. The van der Waals surface area contributed by atoms with Crippen LogP contribution in [-0.4, -0.2) is 73.7 Å². The van der Waals surface area contributed by atoms with E-state index in [0.717, 1.165) is 71.6 Å². The first kappa shape index (κ1) is 13.3. The van der Waals surface area contributed by atoms with E-state index in [9.17, 15) is 4.79 Å². The summed E-state index contributed by atoms with van der Waals surface area (Å²) in [5.74, 6) is 0.323. The molecule has 3 fully saturated rings. The fourth-order valence-electron chi connectivity index (χ4n) is 3.47. The van der Waals surface area contributed by atoms with Crippen LogP contribution in [0.15, 0.2) is 0 Å². The van der Waals surface area contributed by atoms with Crippen molar-refractivity contribution in [2.45, 2.75) is 37.8 Å². The molecule has 0 saturated carbocycles. The second-order valence-electron chi connectivity index (χ2n) is 5.85. The van der Waals surface area contributed by atoms with Gasteiger partial charge in [-0.2, -0.15) is 0 Å². The number of nitrogens with one attached hydrogen (secondary N) is 1. The average Bonchev–Trinajstić information content (AvgIpc) is 3.02. The third kappa shape index (κ3) is 3.09. The van der Waals surface area contributed by atoms with Gasteiger partial charge < -0.3 is 15.0 Å². The van der Waals surface area contributed by atoms with Crippen LogP contribution in [0, 0.1) is 0 Å². The Kier molecular flexibility index (Phi) is 4.35. The molecule has 0 radical (unpaired) electrons. The molecule has 108 valence electrons. The first-order valence-corrected chi connectivity index (χ1v) is 7.68. The van der Waals surface area contributed by atoms with Gasteiger partial charge in [-0.1, -0.05) is 0 Å². The van der Waals surface area contributed by atoms with Gasteiger partial charge in [0.1, 0.15) is 0 Å². The molecule has 3 heterocycles. The van der Waals surface area contributed by atoms with Crippen molar-refractivity contribution in [3.05, 3.63) is 0 Å². The molecule has 3 rings (SSSR count). The van der Waals surface area contributed by atoms with Crippen molar-refractivity contribution in [1.29, 1.82) is 0 Å². The quantitative estimate of drug-likeness (QED) is 0.768. The Bertz CT molecular complexity index is 304. The largest absolute Gasteiger partial charge is 0.381 e. The molecule has 3 aliphatic heterocycles. The molecule has 1 N–H and O–H groups in total. The summed E-state index contributed by atoms with van der Waals surface area (Å²) >= 11 is 0. The van der Waals surface area contributed by atoms with E-state index in [4.69, 9.17) is 4.74 Å². The summed E-state index contributed by atoms with van der Waals surface area (Å²) in [5, 5.41) is 3.31. The number of rotatable bonds is 2. The number of carbonyl (C=O) groups excluding carboxylic acids is 1. The molecule has 5 nitrogen and oxygen atoms in total. The molecule has 0 aliphatic carbocycles. The monoisotopic (exact) mass is 267 g/mol. The van der Waals surface area contributed by atoms with Gasteiger partial charge in [0.2, 0.25) is 5.91 Å². The molecule has 5 heteroatoms. The Morgan fingerprint density at radius 1 is 1.05 bits per heavy atom. The van der Waals surface area contributed by atoms with Crippen molar-refractivity contribution in [3.63, 3.8) is 0 Å². The number of hydrogen-bond donors (Lipinski definition) is 1. The number of hydrogen-bond acceptors (Lipinski definition) is 4. The van der Waals surface area contributed by atoms with Gasteiger partial charge in [0, 0.05) is 45.4 Å². The van der Waals surface area contributed by atoms with Gasteiger partial charge in [-0.3, -0.25) is 9.69 Å². The average molecular weight is 267 g/mol. The number of piperazine rings is 1. The van der Waals surface area contributed by atoms with Crippen molar-refractivity contribution in [2.75, 3.05) is 45.9 Å². The van der Waals surface area contributed by atoms with Gasteiger partial charge >= 0.3 is 0 Å². The van der Waals surface area contributed by atoms with Gasteiger partial charge in [-0.15, -0.1) is 0 Å². The zero-order valence-electron chi connectivity index (χ0n) is 11.6. The number of amides is 1. The maximum Gasteiger partial charge on any atom is 0.239 e. The Balaban J connectivity index is 1.47. The Morgan fingerprint density at radius 3 is 2.42 bits per heavy atom. The standard InChI is InChI=1S/C14H25N3O2/c18-14(13-2-1-5-15-13)17-8-6-16(7-9-17)12-3-10-19-11-4-12/h12-13,15H,1-11H2. The van der Waals surface area contributed by atoms with E-state index in [-0.39, 0.29) is 6.04 Å². The van der Waals surface area contributed by atoms with E-state index in [1.807, 2.05) is 0 Å². The summed E-state index contributed by atoms with van der Waals surface area (Å²) in [6.07, 6.45) is 4.45. The van der Waals surface area contributed by atoms with Crippen molar-refractivity contribution in [1.82, 2.24) is 15.1 Å². The highest BCUT2D eigenvalue weighted by Gasteiger charge is 2.31. The zero-order valence-corrected chi connectivity index (χ0v) is 11.6. The highest BCUT2D eigenvalue weighted by molar-refractivity contribution is 5.82. The minimum Gasteiger partial charge on any atom is -0.381 e. The van der Waals surface area contributed by atoms with Crippen LogP contribution in [0.4, 0.5) is 0 Å². The van der Waals surface area contributed by atoms with Gasteiger partial charge in [0.05, 0.1) is 6.04 Å². The summed E-state index contributed by atoms with van der Waals surface area (Å²) in [5.41, 5.74) is 0. The Hall–Kier alpha value is -0.650. The second kappa shape index (κ2) is 6.20. The summed E-state index contributed by atoms with van der Waals surface area (Å²) in [7, 11) is 0. The fourth-order valence-corrected chi connectivity index (χ4v) is 3.47. The topological polar surface area (TPSA) is 44.8 Å². The maximum atomic E-state index is 12.3. The van der Waals surface area contributed by atoms with Crippen LogP contribution < -0.4 is 5.32 Å². The van der Waals surface area contributed by atoms with Crippen molar-refractivity contribution >= 4 is 5.91 Å². The van der Waals surface area contributed by atoms with Crippen molar-refractivity contribution in [3.8, 4) is 0 Å². The molecule has 0 spiro atoms. The first-order chi connectivity index (χ1) is 9.34. The van der Waals surface area contributed by atoms with Crippen LogP contribution in [0.1, 0.15) is 25.7 Å². The van der Waals surface area contributed by atoms with Crippen molar-refractivity contribution < 1.29 is 9.53 Å². The van der Waals surface area contributed by atoms with E-state index in [1.165, 1.54) is 0 Å². The predicted molar refractivity (Wildman–Crippen MR) is 73.0 cm³/mol. The summed E-state index contributed by atoms with van der Waals surface area (Å²) in [6, 6.07) is 0.769. The number of nitrogens with zero attached hydrogens (tertiary/aromatic N) is 2. The van der Waals surface area contributed by atoms with Crippen LogP contribution in [-0.2, 0) is 9.53 Å². The molecule has 19 heavy (non-hydrogen) atoms. The van der Waals surface area contributed by atoms with Crippen LogP contribution in [0.3, 0.4) is 0 Å². The lowest BCUT2D eigenvalue weighted by Crippen LogP contribution is -2.55. The van der Waals surface area contributed by atoms with E-state index in [2.05, 4.69) is 15.1 Å². The third-order valence-corrected chi connectivity index (χ3v) is 4.69. The summed E-state index contributed by atoms with van der Waals surface area (Å²) in [6.45, 7) is 6.65. The lowest BCUT2D eigenvalue weighted by Gasteiger charge is -2.41. The minimum absolute atomic E-state index is 0.0923. The molecule has 1 unspecified atom stereocenters. The second-order valence-corrected chi connectivity index (χ2v) is 5.85. The van der Waals surface area contributed by atoms with E-state index in [0.29, 0.717) is 11.9 Å². The molecule has 0 aromatic carbocycles. The Labute approximate surface area is 115 Å². The van der Waals surface area contributed by atoms with Crippen LogP contribution >= 0.6 is 0 Å². The predicted octanol–water partition coefficient (Wildman–Crippen LogP) is 0.0616. The summed E-state index contributed by atoms with van der Waals surface area (Å²) in [4.78, 5) is 16.9. The fraction of sp³-hybridized carbons (Fsp3) is 0.929. The molecule has 0 aromatic rings. The Morgan fingerprint density at radius 2 is 1.79 bits per heavy atom. The summed E-state index contributed by atoms with van der Waals surface area (Å²) < 4.78 is 5.42. The number of carbonyl (C=O) groups is 1. The highest BCUT2D eigenvalue weighted by Crippen LogP contribution is 2.17. The van der Waals surface area contributed by atoms with E-state index in [1.54, 1.807) is 0 Å². The molecular formula is C14H25N3O2. The maximum absolute atomic E-state index is 12.3. The van der Waals surface area contributed by atoms with Gasteiger partial charge in [0.15, 0.2) is 0 Å². The highest BCUT2D eigenvalue weighted by atomic mass is 16.5. The third-order valence-electron chi connectivity index (χ3n) is 4.69. The molecule has 1 atom stereocenters.